The van der Waals surface area contributed by atoms with Gasteiger partial charge in [-0.2, -0.15) is 0 Å². The molecule has 0 saturated carbocycles. The van der Waals surface area contributed by atoms with Gasteiger partial charge in [-0.1, -0.05) is 47.5 Å². The molecule has 0 saturated heterocycles. The van der Waals surface area contributed by atoms with Crippen LogP contribution in [0.5, 0.6) is 0 Å². The second-order valence-corrected chi connectivity index (χ2v) is 7.58. The Morgan fingerprint density at radius 1 is 1.11 bits per heavy atom. The summed E-state index contributed by atoms with van der Waals surface area (Å²) in [6.07, 6.45) is 0.844. The van der Waals surface area contributed by atoms with Crippen molar-refractivity contribution in [2.24, 2.45) is 0 Å². The van der Waals surface area contributed by atoms with E-state index in [2.05, 4.69) is 5.32 Å². The SMILES string of the molecule is C[C@@H]1Cc2ccccc2N1C(=O)CN(C)CC(=O)Nc1c(Cl)cccc1Cl. The first-order valence-electron chi connectivity index (χ1n) is 8.69. The summed E-state index contributed by atoms with van der Waals surface area (Å²) >= 11 is 12.1. The number of nitrogens with zero attached hydrogens (tertiary/aromatic N) is 2. The monoisotopic (exact) mass is 405 g/mol. The van der Waals surface area contributed by atoms with Crippen LogP contribution in [-0.2, 0) is 16.0 Å². The Morgan fingerprint density at radius 2 is 1.78 bits per heavy atom. The van der Waals surface area contributed by atoms with Crippen LogP contribution in [0.2, 0.25) is 10.0 Å². The Balaban J connectivity index is 1.60. The summed E-state index contributed by atoms with van der Waals surface area (Å²) < 4.78 is 0. The molecular weight excluding hydrogens is 385 g/mol. The summed E-state index contributed by atoms with van der Waals surface area (Å²) in [6, 6.07) is 13.0. The van der Waals surface area contributed by atoms with E-state index in [1.807, 2.05) is 36.1 Å². The molecule has 1 atom stereocenters. The molecule has 5 nitrogen and oxygen atoms in total. The summed E-state index contributed by atoms with van der Waals surface area (Å²) in [7, 11) is 1.73. The zero-order valence-electron chi connectivity index (χ0n) is 15.2. The number of fused-ring (bicyclic) bond motifs is 1. The second-order valence-electron chi connectivity index (χ2n) is 6.76. The fourth-order valence-electron chi connectivity index (χ4n) is 3.35. The van der Waals surface area contributed by atoms with Gasteiger partial charge < -0.3 is 10.2 Å². The number of likely N-dealkylation sites (N-methyl/N-ethyl adjacent to an activating group) is 1. The third-order valence-corrected chi connectivity index (χ3v) is 5.15. The molecule has 3 rings (SSSR count). The Bertz CT molecular complexity index is 852. The van der Waals surface area contributed by atoms with Gasteiger partial charge >= 0.3 is 0 Å². The Kier molecular flexibility index (Phi) is 6.05. The standard InChI is InChI=1S/C20H21Cl2N3O2/c1-13-10-14-6-3-4-9-17(14)25(13)19(27)12-24(2)11-18(26)23-20-15(21)7-5-8-16(20)22/h3-9,13H,10-12H2,1-2H3,(H,23,26)/t13-/m1/s1. The van der Waals surface area contributed by atoms with Crippen molar-refractivity contribution < 1.29 is 9.59 Å². The lowest BCUT2D eigenvalue weighted by Crippen LogP contribution is -2.43. The molecule has 0 fully saturated rings. The highest BCUT2D eigenvalue weighted by molar-refractivity contribution is 6.39. The Labute approximate surface area is 168 Å². The van der Waals surface area contributed by atoms with Crippen molar-refractivity contribution in [3.05, 3.63) is 58.1 Å². The highest BCUT2D eigenvalue weighted by atomic mass is 35.5. The number of rotatable bonds is 5. The molecule has 27 heavy (non-hydrogen) atoms. The van der Waals surface area contributed by atoms with E-state index < -0.39 is 0 Å². The molecule has 0 spiro atoms. The van der Waals surface area contributed by atoms with E-state index in [9.17, 15) is 9.59 Å². The number of hydrogen-bond acceptors (Lipinski definition) is 3. The number of benzene rings is 2. The van der Waals surface area contributed by atoms with Crippen LogP contribution in [0, 0.1) is 0 Å². The zero-order valence-corrected chi connectivity index (χ0v) is 16.7. The first-order valence-corrected chi connectivity index (χ1v) is 9.44. The minimum atomic E-state index is -0.282. The summed E-state index contributed by atoms with van der Waals surface area (Å²) in [4.78, 5) is 28.6. The predicted octanol–water partition coefficient (Wildman–Crippen LogP) is 3.84. The van der Waals surface area contributed by atoms with Gasteiger partial charge in [-0.3, -0.25) is 14.5 Å². The molecule has 0 bridgehead atoms. The maximum atomic E-state index is 12.8. The van der Waals surface area contributed by atoms with Crippen molar-refractivity contribution in [1.82, 2.24) is 4.90 Å². The van der Waals surface area contributed by atoms with Gasteiger partial charge in [0.1, 0.15) is 0 Å². The molecule has 0 unspecified atom stereocenters. The van der Waals surface area contributed by atoms with E-state index in [0.717, 1.165) is 12.1 Å². The number of hydrogen-bond donors (Lipinski definition) is 1. The number of carbonyl (C=O) groups is 2. The minimum absolute atomic E-state index is 0.0291. The van der Waals surface area contributed by atoms with Crippen molar-refractivity contribution in [1.29, 1.82) is 0 Å². The molecular formula is C20H21Cl2N3O2. The van der Waals surface area contributed by atoms with E-state index in [1.165, 1.54) is 5.56 Å². The number of amides is 2. The quantitative estimate of drug-likeness (QED) is 0.821. The van der Waals surface area contributed by atoms with Gasteiger partial charge in [0.2, 0.25) is 11.8 Å². The van der Waals surface area contributed by atoms with Gasteiger partial charge in [0.25, 0.3) is 0 Å². The van der Waals surface area contributed by atoms with Crippen LogP contribution in [0.15, 0.2) is 42.5 Å². The van der Waals surface area contributed by atoms with Gasteiger partial charge in [-0.25, -0.2) is 0 Å². The lowest BCUT2D eigenvalue weighted by atomic mass is 10.1. The molecule has 0 radical (unpaired) electrons. The molecule has 2 amide bonds. The predicted molar refractivity (Wildman–Crippen MR) is 110 cm³/mol. The van der Waals surface area contributed by atoms with Gasteiger partial charge in [-0.05, 0) is 44.2 Å². The fourth-order valence-corrected chi connectivity index (χ4v) is 3.84. The molecule has 142 valence electrons. The van der Waals surface area contributed by atoms with Crippen molar-refractivity contribution >= 4 is 46.4 Å². The minimum Gasteiger partial charge on any atom is -0.322 e. The maximum Gasteiger partial charge on any atom is 0.241 e. The van der Waals surface area contributed by atoms with Crippen molar-refractivity contribution in [3.63, 3.8) is 0 Å². The second kappa shape index (κ2) is 8.30. The number of carbonyl (C=O) groups excluding carboxylic acids is 2. The topological polar surface area (TPSA) is 52.7 Å². The number of anilines is 2. The van der Waals surface area contributed by atoms with Gasteiger partial charge in [0.05, 0.1) is 28.8 Å². The third-order valence-electron chi connectivity index (χ3n) is 4.52. The average molecular weight is 406 g/mol. The van der Waals surface area contributed by atoms with Crippen LogP contribution < -0.4 is 10.2 Å². The van der Waals surface area contributed by atoms with Gasteiger partial charge in [-0.15, -0.1) is 0 Å². The highest BCUT2D eigenvalue weighted by Gasteiger charge is 2.31. The largest absolute Gasteiger partial charge is 0.322 e. The van der Waals surface area contributed by atoms with Gasteiger partial charge in [0.15, 0.2) is 0 Å². The molecule has 1 N–H and O–H groups in total. The van der Waals surface area contributed by atoms with E-state index in [-0.39, 0.29) is 30.9 Å². The average Bonchev–Trinajstić information content (AvgIpc) is 2.93. The molecule has 1 heterocycles. The Morgan fingerprint density at radius 3 is 2.48 bits per heavy atom. The van der Waals surface area contributed by atoms with Crippen LogP contribution in [-0.4, -0.2) is 42.9 Å². The fraction of sp³-hybridized carbons (Fsp3) is 0.300. The molecule has 0 aromatic heterocycles. The van der Waals surface area contributed by atoms with Crippen molar-refractivity contribution in [3.8, 4) is 0 Å². The third kappa shape index (κ3) is 4.43. The van der Waals surface area contributed by atoms with Crippen LogP contribution in [0.4, 0.5) is 11.4 Å². The molecule has 2 aromatic rings. The van der Waals surface area contributed by atoms with Crippen LogP contribution >= 0.6 is 23.2 Å². The van der Waals surface area contributed by atoms with Crippen molar-refractivity contribution in [2.45, 2.75) is 19.4 Å². The number of nitrogens with one attached hydrogen (secondary N) is 1. The van der Waals surface area contributed by atoms with Crippen LogP contribution in [0.25, 0.3) is 0 Å². The lowest BCUT2D eigenvalue weighted by Gasteiger charge is -2.25. The van der Waals surface area contributed by atoms with Crippen LogP contribution in [0.3, 0.4) is 0 Å². The summed E-state index contributed by atoms with van der Waals surface area (Å²) in [5.74, 6) is -0.311. The molecule has 0 aliphatic carbocycles. The first kappa shape index (κ1) is 19.7. The summed E-state index contributed by atoms with van der Waals surface area (Å²) in [6.45, 7) is 2.23. The van der Waals surface area contributed by atoms with E-state index in [4.69, 9.17) is 23.2 Å². The number of halogens is 2. The number of para-hydroxylation sites is 2. The van der Waals surface area contributed by atoms with E-state index in [1.54, 1.807) is 30.1 Å². The van der Waals surface area contributed by atoms with Gasteiger partial charge in [0, 0.05) is 11.7 Å². The molecule has 1 aliphatic rings. The molecule has 1 aliphatic heterocycles. The van der Waals surface area contributed by atoms with E-state index >= 15 is 0 Å². The summed E-state index contributed by atoms with van der Waals surface area (Å²) in [5, 5.41) is 3.45. The highest BCUT2D eigenvalue weighted by Crippen LogP contribution is 2.32. The zero-order chi connectivity index (χ0) is 19.6. The van der Waals surface area contributed by atoms with Crippen LogP contribution in [0.1, 0.15) is 12.5 Å². The molecule has 2 aromatic carbocycles. The molecule has 7 heteroatoms. The smallest absolute Gasteiger partial charge is 0.241 e. The lowest BCUT2D eigenvalue weighted by molar-refractivity contribution is -0.121. The maximum absolute atomic E-state index is 12.8. The Hall–Kier alpha value is -2.08. The first-order chi connectivity index (χ1) is 12.9. The van der Waals surface area contributed by atoms with Crippen molar-refractivity contribution in [2.75, 3.05) is 30.4 Å². The van der Waals surface area contributed by atoms with E-state index in [0.29, 0.717) is 15.7 Å². The summed E-state index contributed by atoms with van der Waals surface area (Å²) in [5.41, 5.74) is 2.51. The normalized spacial score (nSPS) is 15.7.